The second kappa shape index (κ2) is 7.70. The fraction of sp³-hybridized carbons (Fsp3) is 0.273. The van der Waals surface area contributed by atoms with Crippen LogP contribution < -0.4 is 16.1 Å². The van der Waals surface area contributed by atoms with Crippen molar-refractivity contribution in [1.29, 1.82) is 0 Å². The average molecular weight is 554 g/mol. The highest BCUT2D eigenvalue weighted by Gasteiger charge is 2.45. The lowest BCUT2D eigenvalue weighted by Gasteiger charge is -2.39. The molecule has 35 heavy (non-hydrogen) atoms. The van der Waals surface area contributed by atoms with Gasteiger partial charge < -0.3 is 9.84 Å². The molecule has 1 aromatic heterocycles. The molecule has 1 N–H and O–H groups in total. The van der Waals surface area contributed by atoms with Crippen molar-refractivity contribution in [2.75, 3.05) is 0 Å². The number of hydrogen-bond donors (Lipinski definition) is 1. The van der Waals surface area contributed by atoms with Crippen molar-refractivity contribution < 1.29 is 32.6 Å². The molecule has 9 nitrogen and oxygen atoms in total. The molecule has 2 aliphatic carbocycles. The number of aromatic nitrogens is 3. The molecule has 2 aromatic rings. The van der Waals surface area contributed by atoms with Crippen molar-refractivity contribution in [3.63, 3.8) is 0 Å². The molecule has 13 heteroatoms. The monoisotopic (exact) mass is 553 g/mol. The van der Waals surface area contributed by atoms with E-state index in [0.29, 0.717) is 5.57 Å². The predicted molar refractivity (Wildman–Crippen MR) is 117 cm³/mol. The molecule has 2 heterocycles. The molecule has 5 rings (SSSR count). The van der Waals surface area contributed by atoms with Crippen molar-refractivity contribution in [1.82, 2.24) is 13.9 Å². The van der Waals surface area contributed by atoms with Crippen molar-refractivity contribution in [2.24, 2.45) is 7.05 Å². The van der Waals surface area contributed by atoms with Gasteiger partial charge in [0.1, 0.15) is 11.5 Å². The highest BCUT2D eigenvalue weighted by molar-refractivity contribution is 9.12. The normalized spacial score (nSPS) is 21.7. The molecule has 3 aliphatic rings. The number of carbonyl (C=O) groups is 2. The van der Waals surface area contributed by atoms with E-state index in [9.17, 15) is 37.5 Å². The number of allylic oxidation sites excluding steroid dienone is 6. The summed E-state index contributed by atoms with van der Waals surface area (Å²) in [5, 5.41) is 10.6. The van der Waals surface area contributed by atoms with Gasteiger partial charge in [-0.2, -0.15) is 0 Å². The van der Waals surface area contributed by atoms with E-state index in [1.54, 1.807) is 6.08 Å². The van der Waals surface area contributed by atoms with Crippen LogP contribution in [0, 0.1) is 0 Å². The predicted octanol–water partition coefficient (Wildman–Crippen LogP) is 2.35. The number of Topliss-reactive ketones (excluding diaryl/α,β-unsaturated/α-hetero) is 1. The van der Waals surface area contributed by atoms with E-state index in [1.807, 2.05) is 0 Å². The van der Waals surface area contributed by atoms with Gasteiger partial charge in [-0.15, -0.1) is 13.2 Å². The molecule has 182 valence electrons. The summed E-state index contributed by atoms with van der Waals surface area (Å²) in [4.78, 5) is 51.5. The van der Waals surface area contributed by atoms with Crippen LogP contribution in [0.5, 0.6) is 11.5 Å². The molecule has 0 radical (unpaired) electrons. The van der Waals surface area contributed by atoms with Crippen LogP contribution in [0.1, 0.15) is 23.9 Å². The number of ketones is 2. The van der Waals surface area contributed by atoms with Gasteiger partial charge in [0.15, 0.2) is 11.6 Å². The zero-order valence-electron chi connectivity index (χ0n) is 17.8. The molecular formula is C22H15BrF3N3O6. The first-order valence-corrected chi connectivity index (χ1v) is 11.0. The molecule has 0 fully saturated rings. The number of ether oxygens (including phenoxy) is 1. The van der Waals surface area contributed by atoms with Crippen LogP contribution in [0.3, 0.4) is 0 Å². The first-order chi connectivity index (χ1) is 16.4. The molecule has 0 saturated carbocycles. The van der Waals surface area contributed by atoms with E-state index in [-0.39, 0.29) is 34.2 Å². The maximum absolute atomic E-state index is 13.1. The summed E-state index contributed by atoms with van der Waals surface area (Å²) in [6.45, 7) is -0.0545. The number of fused-ring (bicyclic) bond motifs is 3. The smallest absolute Gasteiger partial charge is 0.508 e. The summed E-state index contributed by atoms with van der Waals surface area (Å²) in [5.74, 6) is -3.33. The van der Waals surface area contributed by atoms with Gasteiger partial charge in [-0.3, -0.25) is 9.59 Å². The third-order valence-electron chi connectivity index (χ3n) is 6.33. The Labute approximate surface area is 202 Å². The van der Waals surface area contributed by atoms with Crippen LogP contribution >= 0.6 is 15.9 Å². The Morgan fingerprint density at radius 1 is 1.14 bits per heavy atom. The molecule has 1 aliphatic heterocycles. The minimum atomic E-state index is -5.00. The maximum atomic E-state index is 13.1. The molecule has 0 saturated heterocycles. The Hall–Kier alpha value is -3.61. The minimum absolute atomic E-state index is 0.0139. The number of phenols is 1. The van der Waals surface area contributed by atoms with Crippen molar-refractivity contribution >= 4 is 27.5 Å². The highest BCUT2D eigenvalue weighted by atomic mass is 79.9. The molecule has 0 spiro atoms. The zero-order valence-corrected chi connectivity index (χ0v) is 19.4. The second-order valence-electron chi connectivity index (χ2n) is 8.25. The number of benzene rings is 1. The molecule has 0 unspecified atom stereocenters. The Balaban J connectivity index is 1.77. The van der Waals surface area contributed by atoms with Gasteiger partial charge in [0.05, 0.1) is 17.1 Å². The molecule has 1 aromatic carbocycles. The standard InChI is InChI=1S/C22H15BrF3N3O6/c1-27-20(33)28-5-4-10-14(29(28)21(27)34)7-12-18(16(31)8-13(23)19(12)32)17(10)11-6-9(2-3-15(11)30)35-22(24,25)26/h2-4,6,8,14,17,30H,5,7H2,1H3/t14-,17-/m1/s1. The third-order valence-corrected chi connectivity index (χ3v) is 6.92. The van der Waals surface area contributed by atoms with Crippen molar-refractivity contribution in [3.05, 3.63) is 78.1 Å². The molecule has 0 amide bonds. The summed E-state index contributed by atoms with van der Waals surface area (Å²) in [6.07, 6.45) is -2.46. The first-order valence-electron chi connectivity index (χ1n) is 10.2. The van der Waals surface area contributed by atoms with Crippen LogP contribution in [0.2, 0.25) is 0 Å². The van der Waals surface area contributed by atoms with Gasteiger partial charge in [0.2, 0.25) is 0 Å². The van der Waals surface area contributed by atoms with E-state index in [1.165, 1.54) is 16.4 Å². The summed E-state index contributed by atoms with van der Waals surface area (Å²) in [7, 11) is 1.30. The average Bonchev–Trinajstić information content (AvgIpc) is 3.00. The van der Waals surface area contributed by atoms with Crippen LogP contribution in [-0.4, -0.2) is 37.0 Å². The lowest BCUT2D eigenvalue weighted by molar-refractivity contribution is -0.274. The topological polar surface area (TPSA) is 113 Å². The van der Waals surface area contributed by atoms with Crippen molar-refractivity contribution in [3.8, 4) is 11.5 Å². The van der Waals surface area contributed by atoms with E-state index < -0.39 is 52.8 Å². The van der Waals surface area contributed by atoms with Crippen LogP contribution in [-0.2, 0) is 23.2 Å². The number of halogens is 4. The van der Waals surface area contributed by atoms with Gasteiger partial charge in [-0.25, -0.2) is 23.5 Å². The summed E-state index contributed by atoms with van der Waals surface area (Å²) >= 11 is 3.06. The number of carbonyl (C=O) groups excluding carboxylic acids is 2. The van der Waals surface area contributed by atoms with Crippen molar-refractivity contribution in [2.45, 2.75) is 31.3 Å². The van der Waals surface area contributed by atoms with E-state index in [0.717, 1.165) is 28.8 Å². The number of rotatable bonds is 2. The Bertz CT molecular complexity index is 1540. The zero-order chi connectivity index (χ0) is 25.4. The van der Waals surface area contributed by atoms with Crippen LogP contribution in [0.15, 0.2) is 61.1 Å². The molecular weight excluding hydrogens is 539 g/mol. The van der Waals surface area contributed by atoms with Crippen LogP contribution in [0.4, 0.5) is 13.2 Å². The van der Waals surface area contributed by atoms with E-state index in [2.05, 4.69) is 20.7 Å². The van der Waals surface area contributed by atoms with Crippen LogP contribution in [0.25, 0.3) is 0 Å². The highest BCUT2D eigenvalue weighted by Crippen LogP contribution is 2.52. The Morgan fingerprint density at radius 2 is 1.86 bits per heavy atom. The van der Waals surface area contributed by atoms with Gasteiger partial charge >= 0.3 is 17.7 Å². The second-order valence-corrected chi connectivity index (χ2v) is 9.11. The summed E-state index contributed by atoms with van der Waals surface area (Å²) in [5.41, 5.74) is -0.936. The largest absolute Gasteiger partial charge is 0.573 e. The SMILES string of the molecule is Cn1c(=O)n2n(c1=O)[C@@H]1CC3=C(C(=O)C=C(Br)C3=O)[C@@H](c3cc(OC(F)(F)F)ccc3O)C1=CC2. The first kappa shape index (κ1) is 23.1. The number of phenolic OH excluding ortho intramolecular Hbond substituents is 1. The number of nitrogens with zero attached hydrogens (tertiary/aromatic N) is 3. The Morgan fingerprint density at radius 3 is 2.54 bits per heavy atom. The quantitative estimate of drug-likeness (QED) is 0.451. The summed E-state index contributed by atoms with van der Waals surface area (Å²) in [6, 6.07) is 1.97. The van der Waals surface area contributed by atoms with E-state index in [4.69, 9.17) is 0 Å². The molecule has 2 atom stereocenters. The van der Waals surface area contributed by atoms with Gasteiger partial charge in [0.25, 0.3) is 0 Å². The fourth-order valence-electron chi connectivity index (χ4n) is 4.90. The number of aromatic hydroxyl groups is 1. The minimum Gasteiger partial charge on any atom is -0.508 e. The maximum Gasteiger partial charge on any atom is 0.573 e. The third kappa shape index (κ3) is 3.52. The lowest BCUT2D eigenvalue weighted by atomic mass is 9.68. The van der Waals surface area contributed by atoms with Gasteiger partial charge in [0, 0.05) is 42.2 Å². The number of hydrogen-bond acceptors (Lipinski definition) is 6. The van der Waals surface area contributed by atoms with Gasteiger partial charge in [-0.1, -0.05) is 6.08 Å². The molecule has 0 bridgehead atoms. The Kier molecular flexibility index (Phi) is 5.09. The van der Waals surface area contributed by atoms with E-state index >= 15 is 0 Å². The van der Waals surface area contributed by atoms with Gasteiger partial charge in [-0.05, 0) is 39.7 Å². The number of alkyl halides is 3. The summed E-state index contributed by atoms with van der Waals surface area (Å²) < 4.78 is 45.8. The fourth-order valence-corrected chi connectivity index (χ4v) is 5.35. The lowest BCUT2D eigenvalue weighted by Crippen LogP contribution is -2.40.